The molecule has 0 aromatic heterocycles. The predicted octanol–water partition coefficient (Wildman–Crippen LogP) is 2.65. The van der Waals surface area contributed by atoms with Crippen molar-refractivity contribution in [2.75, 3.05) is 14.2 Å². The van der Waals surface area contributed by atoms with Gasteiger partial charge in [0.2, 0.25) is 0 Å². The average Bonchev–Trinajstić information content (AvgIpc) is 2.27. The molecular formula is C11H13BrO4. The highest BCUT2D eigenvalue weighted by atomic mass is 79.9. The van der Waals surface area contributed by atoms with Crippen LogP contribution in [0, 0.1) is 0 Å². The van der Waals surface area contributed by atoms with Gasteiger partial charge in [-0.1, -0.05) is 15.9 Å². The van der Waals surface area contributed by atoms with Crippen LogP contribution in [0.2, 0.25) is 0 Å². The summed E-state index contributed by atoms with van der Waals surface area (Å²) in [6, 6.07) is 3.37. The van der Waals surface area contributed by atoms with Crippen LogP contribution in [0.15, 0.2) is 16.6 Å². The van der Waals surface area contributed by atoms with Crippen LogP contribution in [-0.2, 0) is 4.79 Å². The molecule has 0 bridgehead atoms. The molecule has 88 valence electrons. The number of hydrogen-bond donors (Lipinski definition) is 1. The SMILES string of the molecule is COc1cc(Br)c(C(C)C(=O)O)cc1OC. The van der Waals surface area contributed by atoms with Crippen molar-refractivity contribution < 1.29 is 19.4 Å². The van der Waals surface area contributed by atoms with Crippen LogP contribution < -0.4 is 9.47 Å². The maximum absolute atomic E-state index is 10.9. The van der Waals surface area contributed by atoms with Gasteiger partial charge < -0.3 is 14.6 Å². The number of ether oxygens (including phenoxy) is 2. The van der Waals surface area contributed by atoms with E-state index in [-0.39, 0.29) is 0 Å². The molecule has 1 unspecified atom stereocenters. The molecule has 0 heterocycles. The molecule has 0 radical (unpaired) electrons. The molecule has 1 rings (SSSR count). The van der Waals surface area contributed by atoms with E-state index in [4.69, 9.17) is 14.6 Å². The number of carboxylic acid groups (broad SMARTS) is 1. The van der Waals surface area contributed by atoms with Gasteiger partial charge in [0.05, 0.1) is 20.1 Å². The average molecular weight is 289 g/mol. The van der Waals surface area contributed by atoms with Crippen molar-refractivity contribution in [3.63, 3.8) is 0 Å². The smallest absolute Gasteiger partial charge is 0.310 e. The summed E-state index contributed by atoms with van der Waals surface area (Å²) in [5.74, 6) is -0.397. The van der Waals surface area contributed by atoms with Crippen LogP contribution in [0.1, 0.15) is 18.4 Å². The zero-order chi connectivity index (χ0) is 12.3. The second kappa shape index (κ2) is 5.21. The zero-order valence-corrected chi connectivity index (χ0v) is 10.9. The van der Waals surface area contributed by atoms with Crippen molar-refractivity contribution in [1.29, 1.82) is 0 Å². The number of benzene rings is 1. The molecular weight excluding hydrogens is 276 g/mol. The number of hydrogen-bond acceptors (Lipinski definition) is 3. The van der Waals surface area contributed by atoms with Gasteiger partial charge in [-0.25, -0.2) is 0 Å². The Hall–Kier alpha value is -1.23. The molecule has 0 aliphatic rings. The topological polar surface area (TPSA) is 55.8 Å². The van der Waals surface area contributed by atoms with Crippen LogP contribution in [0.5, 0.6) is 11.5 Å². The lowest BCUT2D eigenvalue weighted by molar-refractivity contribution is -0.138. The third-order valence-corrected chi connectivity index (χ3v) is 3.03. The van der Waals surface area contributed by atoms with E-state index in [1.807, 2.05) is 0 Å². The fourth-order valence-electron chi connectivity index (χ4n) is 1.33. The molecule has 0 saturated carbocycles. The normalized spacial score (nSPS) is 12.0. The molecule has 0 amide bonds. The highest BCUT2D eigenvalue weighted by Crippen LogP contribution is 2.36. The molecule has 1 aromatic carbocycles. The number of rotatable bonds is 4. The fraction of sp³-hybridized carbons (Fsp3) is 0.364. The summed E-state index contributed by atoms with van der Waals surface area (Å²) in [7, 11) is 3.05. The van der Waals surface area contributed by atoms with Crippen molar-refractivity contribution in [2.45, 2.75) is 12.8 Å². The second-order valence-corrected chi connectivity index (χ2v) is 4.14. The van der Waals surface area contributed by atoms with Gasteiger partial charge in [0.25, 0.3) is 0 Å². The lowest BCUT2D eigenvalue weighted by Gasteiger charge is -2.14. The zero-order valence-electron chi connectivity index (χ0n) is 9.28. The van der Waals surface area contributed by atoms with Gasteiger partial charge in [-0.05, 0) is 24.6 Å². The van der Waals surface area contributed by atoms with E-state index in [2.05, 4.69) is 15.9 Å². The molecule has 1 atom stereocenters. The second-order valence-electron chi connectivity index (χ2n) is 3.29. The number of carbonyl (C=O) groups is 1. The van der Waals surface area contributed by atoms with E-state index >= 15 is 0 Å². The van der Waals surface area contributed by atoms with Gasteiger partial charge in [-0.15, -0.1) is 0 Å². The highest BCUT2D eigenvalue weighted by Gasteiger charge is 2.19. The summed E-state index contributed by atoms with van der Waals surface area (Å²) in [5.41, 5.74) is 0.658. The molecule has 16 heavy (non-hydrogen) atoms. The van der Waals surface area contributed by atoms with Crippen LogP contribution in [0.3, 0.4) is 0 Å². The first kappa shape index (κ1) is 12.8. The van der Waals surface area contributed by atoms with Crippen LogP contribution >= 0.6 is 15.9 Å². The van der Waals surface area contributed by atoms with Gasteiger partial charge in [-0.3, -0.25) is 4.79 Å². The standard InChI is InChI=1S/C11H13BrO4/c1-6(11(13)14)7-4-9(15-2)10(16-3)5-8(7)12/h4-6H,1-3H3,(H,13,14). The fourth-order valence-corrected chi connectivity index (χ4v) is 2.00. The number of aliphatic carboxylic acids is 1. The van der Waals surface area contributed by atoms with Crippen LogP contribution in [0.25, 0.3) is 0 Å². The molecule has 0 spiro atoms. The first-order valence-corrected chi connectivity index (χ1v) is 5.44. The molecule has 4 nitrogen and oxygen atoms in total. The van der Waals surface area contributed by atoms with Gasteiger partial charge in [-0.2, -0.15) is 0 Å². The Morgan fingerprint density at radius 2 is 1.81 bits per heavy atom. The summed E-state index contributed by atoms with van der Waals surface area (Å²) in [6.07, 6.45) is 0. The Morgan fingerprint density at radius 1 is 1.31 bits per heavy atom. The van der Waals surface area contributed by atoms with Crippen molar-refractivity contribution >= 4 is 21.9 Å². The summed E-state index contributed by atoms with van der Waals surface area (Å²) < 4.78 is 10.9. The van der Waals surface area contributed by atoms with Crippen molar-refractivity contribution in [2.24, 2.45) is 0 Å². The summed E-state index contributed by atoms with van der Waals surface area (Å²) in [5, 5.41) is 8.96. The van der Waals surface area contributed by atoms with Gasteiger partial charge in [0.1, 0.15) is 0 Å². The maximum Gasteiger partial charge on any atom is 0.310 e. The lowest BCUT2D eigenvalue weighted by Crippen LogP contribution is -2.08. The molecule has 0 aliphatic carbocycles. The van der Waals surface area contributed by atoms with Gasteiger partial charge >= 0.3 is 5.97 Å². The summed E-state index contributed by atoms with van der Waals surface area (Å²) in [6.45, 7) is 1.62. The monoisotopic (exact) mass is 288 g/mol. The van der Waals surface area contributed by atoms with Gasteiger partial charge in [0, 0.05) is 4.47 Å². The van der Waals surface area contributed by atoms with Crippen LogP contribution in [0.4, 0.5) is 0 Å². The highest BCUT2D eigenvalue weighted by molar-refractivity contribution is 9.10. The minimum atomic E-state index is -0.882. The number of halogens is 1. The molecule has 0 fully saturated rings. The number of carboxylic acids is 1. The molecule has 0 aliphatic heterocycles. The van der Waals surface area contributed by atoms with E-state index in [0.717, 1.165) is 0 Å². The largest absolute Gasteiger partial charge is 0.493 e. The molecule has 5 heteroatoms. The number of methoxy groups -OCH3 is 2. The third-order valence-electron chi connectivity index (χ3n) is 2.34. The van der Waals surface area contributed by atoms with E-state index in [0.29, 0.717) is 21.5 Å². The van der Waals surface area contributed by atoms with Crippen molar-refractivity contribution in [3.8, 4) is 11.5 Å². The molecule has 1 N–H and O–H groups in total. The maximum atomic E-state index is 10.9. The van der Waals surface area contributed by atoms with Crippen molar-refractivity contribution in [3.05, 3.63) is 22.2 Å². The van der Waals surface area contributed by atoms with Crippen molar-refractivity contribution in [1.82, 2.24) is 0 Å². The quantitative estimate of drug-likeness (QED) is 0.925. The third kappa shape index (κ3) is 2.47. The molecule has 0 saturated heterocycles. The Kier molecular flexibility index (Phi) is 4.18. The first-order chi connectivity index (χ1) is 7.51. The Labute approximate surface area is 102 Å². The summed E-state index contributed by atoms with van der Waals surface area (Å²) >= 11 is 3.32. The van der Waals surface area contributed by atoms with Gasteiger partial charge in [0.15, 0.2) is 11.5 Å². The molecule has 1 aromatic rings. The van der Waals surface area contributed by atoms with E-state index in [1.54, 1.807) is 19.1 Å². The minimum absolute atomic E-state index is 0.522. The minimum Gasteiger partial charge on any atom is -0.493 e. The predicted molar refractivity (Wildman–Crippen MR) is 63.3 cm³/mol. The Bertz CT molecular complexity index is 403. The Balaban J connectivity index is 3.26. The summed E-state index contributed by atoms with van der Waals surface area (Å²) in [4.78, 5) is 10.9. The van der Waals surface area contributed by atoms with E-state index < -0.39 is 11.9 Å². The van der Waals surface area contributed by atoms with E-state index in [1.165, 1.54) is 14.2 Å². The Morgan fingerprint density at radius 3 is 2.25 bits per heavy atom. The van der Waals surface area contributed by atoms with Crippen LogP contribution in [-0.4, -0.2) is 25.3 Å². The van der Waals surface area contributed by atoms with E-state index in [9.17, 15) is 4.79 Å². The lowest BCUT2D eigenvalue weighted by atomic mass is 10.0. The first-order valence-electron chi connectivity index (χ1n) is 4.65.